The zero-order valence-corrected chi connectivity index (χ0v) is 25.5. The zero-order valence-electron chi connectivity index (χ0n) is 25.5. The van der Waals surface area contributed by atoms with Crippen molar-refractivity contribution in [3.05, 3.63) is 65.2 Å². The Morgan fingerprint density at radius 3 is 2.18 bits per heavy atom. The highest BCUT2D eigenvalue weighted by Crippen LogP contribution is 2.37. The Kier molecular flexibility index (Phi) is 9.70. The lowest BCUT2D eigenvalue weighted by molar-refractivity contribution is -0.163. The summed E-state index contributed by atoms with van der Waals surface area (Å²) in [5.74, 6) is -1.50. The van der Waals surface area contributed by atoms with Gasteiger partial charge in [-0.1, -0.05) is 44.7 Å². The quantitative estimate of drug-likeness (QED) is 0.319. The van der Waals surface area contributed by atoms with Gasteiger partial charge in [0.05, 0.1) is 11.2 Å². The van der Waals surface area contributed by atoms with E-state index in [0.717, 1.165) is 37.7 Å². The first-order chi connectivity index (χ1) is 21.1. The van der Waals surface area contributed by atoms with Gasteiger partial charge in [-0.05, 0) is 74.1 Å². The van der Waals surface area contributed by atoms with Crippen LogP contribution in [-0.2, 0) is 16.1 Å². The minimum Gasteiger partial charge on any atom is -0.478 e. The van der Waals surface area contributed by atoms with Gasteiger partial charge in [-0.25, -0.2) is 4.79 Å². The second-order valence-electron chi connectivity index (χ2n) is 12.7. The van der Waals surface area contributed by atoms with E-state index < -0.39 is 23.2 Å². The van der Waals surface area contributed by atoms with Crippen LogP contribution in [0.3, 0.4) is 0 Å². The predicted molar refractivity (Wildman–Crippen MR) is 166 cm³/mol. The molecule has 2 saturated heterocycles. The number of nitrogens with zero attached hydrogens (tertiary/aromatic N) is 2. The third kappa shape index (κ3) is 6.97. The predicted octanol–water partition coefficient (Wildman–Crippen LogP) is 4.18. The number of amides is 3. The van der Waals surface area contributed by atoms with Gasteiger partial charge >= 0.3 is 5.97 Å². The van der Waals surface area contributed by atoms with Crippen molar-refractivity contribution in [1.29, 1.82) is 0 Å². The molecule has 10 nitrogen and oxygen atoms in total. The SMILES string of the molecule is CCCCN1C(=O)[C@@H](CC2(O)CCCCC2)NC(=O)C12CCN(Cc1ccc(NC(=O)c3ccc(C(=O)O)cc3)cc1)CC2. The third-order valence-electron chi connectivity index (χ3n) is 9.61. The number of nitrogens with one attached hydrogen (secondary N) is 2. The normalized spacial score (nSPS) is 21.6. The van der Waals surface area contributed by atoms with Gasteiger partial charge in [0.25, 0.3) is 5.91 Å². The summed E-state index contributed by atoms with van der Waals surface area (Å²) < 4.78 is 0. The van der Waals surface area contributed by atoms with Gasteiger partial charge in [0, 0.05) is 43.9 Å². The number of aliphatic hydroxyl groups is 1. The molecular formula is C34H44N4O6. The molecule has 0 unspecified atom stereocenters. The van der Waals surface area contributed by atoms with Crippen LogP contribution in [0.5, 0.6) is 0 Å². The lowest BCUT2D eigenvalue weighted by Gasteiger charge is -2.52. The van der Waals surface area contributed by atoms with Crippen LogP contribution >= 0.6 is 0 Å². The standard InChI is InChI=1S/C34H44N4O6/c1-2-3-19-38-30(40)28(22-33(44)15-5-4-6-16-33)36-32(43)34(38)17-20-37(21-18-34)23-24-7-13-27(14-8-24)35-29(39)25-9-11-26(12-10-25)31(41)42/h7-14,28,44H,2-6,15-23H2,1H3,(H,35,39)(H,36,43)(H,41,42)/t28-/m1/s1. The average Bonchev–Trinajstić information content (AvgIpc) is 3.02. The van der Waals surface area contributed by atoms with Crippen molar-refractivity contribution in [2.75, 3.05) is 25.0 Å². The molecule has 1 spiro atoms. The van der Waals surface area contributed by atoms with Crippen LogP contribution in [0.15, 0.2) is 48.5 Å². The lowest BCUT2D eigenvalue weighted by atomic mass is 9.77. The van der Waals surface area contributed by atoms with Crippen LogP contribution in [0, 0.1) is 0 Å². The number of aromatic carboxylic acids is 1. The molecule has 2 aliphatic heterocycles. The maximum absolute atomic E-state index is 13.8. The second-order valence-corrected chi connectivity index (χ2v) is 12.7. The van der Waals surface area contributed by atoms with Crippen LogP contribution in [-0.4, -0.2) is 80.5 Å². The molecule has 2 heterocycles. The number of hydrogen-bond acceptors (Lipinski definition) is 6. The Balaban J connectivity index is 1.18. The van der Waals surface area contributed by atoms with Gasteiger partial charge in [-0.15, -0.1) is 0 Å². The molecule has 3 amide bonds. The van der Waals surface area contributed by atoms with E-state index in [1.165, 1.54) is 24.3 Å². The van der Waals surface area contributed by atoms with Gasteiger partial charge in [0.15, 0.2) is 0 Å². The van der Waals surface area contributed by atoms with Crippen LogP contribution < -0.4 is 10.6 Å². The zero-order chi connectivity index (χ0) is 31.3. The van der Waals surface area contributed by atoms with Crippen molar-refractivity contribution in [2.45, 2.75) is 94.9 Å². The molecule has 0 radical (unpaired) electrons. The van der Waals surface area contributed by atoms with Gasteiger partial charge in [-0.3, -0.25) is 19.3 Å². The maximum Gasteiger partial charge on any atom is 0.335 e. The first-order valence-corrected chi connectivity index (χ1v) is 15.9. The number of anilines is 1. The van der Waals surface area contributed by atoms with E-state index in [4.69, 9.17) is 5.11 Å². The monoisotopic (exact) mass is 604 g/mol. The fraction of sp³-hybridized carbons (Fsp3) is 0.529. The summed E-state index contributed by atoms with van der Waals surface area (Å²) >= 11 is 0. The molecule has 1 aliphatic carbocycles. The molecule has 3 aliphatic rings. The summed E-state index contributed by atoms with van der Waals surface area (Å²) in [5.41, 5.74) is 0.452. The van der Waals surface area contributed by atoms with Crippen molar-refractivity contribution in [1.82, 2.24) is 15.1 Å². The molecule has 1 saturated carbocycles. The number of hydrogen-bond donors (Lipinski definition) is 4. The fourth-order valence-electron chi connectivity index (χ4n) is 6.95. The molecule has 3 fully saturated rings. The van der Waals surface area contributed by atoms with Crippen LogP contribution in [0.4, 0.5) is 5.69 Å². The van der Waals surface area contributed by atoms with E-state index in [9.17, 15) is 24.3 Å². The molecule has 4 N–H and O–H groups in total. The molecule has 5 rings (SSSR count). The Hall–Kier alpha value is -3.76. The van der Waals surface area contributed by atoms with Gasteiger partial charge in [0.2, 0.25) is 11.8 Å². The second kappa shape index (κ2) is 13.5. The molecule has 0 aromatic heterocycles. The van der Waals surface area contributed by atoms with Crippen molar-refractivity contribution < 1.29 is 29.4 Å². The maximum atomic E-state index is 13.8. The summed E-state index contributed by atoms with van der Waals surface area (Å²) in [6.07, 6.45) is 7.51. The van der Waals surface area contributed by atoms with Crippen LogP contribution in [0.2, 0.25) is 0 Å². The van der Waals surface area contributed by atoms with Gasteiger partial charge in [-0.2, -0.15) is 0 Å². The number of likely N-dealkylation sites (tertiary alicyclic amines) is 1. The highest BCUT2D eigenvalue weighted by Gasteiger charge is 2.54. The molecule has 10 heteroatoms. The topological polar surface area (TPSA) is 139 Å². The summed E-state index contributed by atoms with van der Waals surface area (Å²) in [7, 11) is 0. The van der Waals surface area contributed by atoms with Gasteiger partial charge in [0.1, 0.15) is 11.6 Å². The number of carbonyl (C=O) groups is 4. The first kappa shape index (κ1) is 31.7. The third-order valence-corrected chi connectivity index (χ3v) is 9.61. The van der Waals surface area contributed by atoms with E-state index in [2.05, 4.69) is 22.5 Å². The van der Waals surface area contributed by atoms with Crippen molar-refractivity contribution in [3.63, 3.8) is 0 Å². The van der Waals surface area contributed by atoms with Crippen LogP contribution in [0.25, 0.3) is 0 Å². The number of carbonyl (C=O) groups excluding carboxylic acids is 3. The molecule has 2 aromatic carbocycles. The van der Waals surface area contributed by atoms with Gasteiger partial charge < -0.3 is 25.7 Å². The summed E-state index contributed by atoms with van der Waals surface area (Å²) in [5, 5.41) is 26.1. The Morgan fingerprint density at radius 2 is 1.57 bits per heavy atom. The van der Waals surface area contributed by atoms with Crippen molar-refractivity contribution in [2.24, 2.45) is 0 Å². The van der Waals surface area contributed by atoms with Crippen LogP contribution in [0.1, 0.15) is 97.4 Å². The van der Waals surface area contributed by atoms with E-state index in [1.54, 1.807) is 0 Å². The number of unbranched alkanes of at least 4 members (excludes halogenated alkanes) is 1. The van der Waals surface area contributed by atoms with E-state index in [1.807, 2.05) is 29.2 Å². The average molecular weight is 605 g/mol. The summed E-state index contributed by atoms with van der Waals surface area (Å²) in [6, 6.07) is 12.7. The lowest BCUT2D eigenvalue weighted by Crippen LogP contribution is -2.73. The first-order valence-electron chi connectivity index (χ1n) is 15.9. The number of carboxylic acid groups (broad SMARTS) is 1. The number of piperidine rings is 1. The number of carboxylic acids is 1. The Labute approximate surface area is 258 Å². The Bertz CT molecular complexity index is 1340. The molecular weight excluding hydrogens is 560 g/mol. The van der Waals surface area contributed by atoms with E-state index in [-0.39, 0.29) is 29.7 Å². The largest absolute Gasteiger partial charge is 0.478 e. The molecule has 44 heavy (non-hydrogen) atoms. The highest BCUT2D eigenvalue weighted by atomic mass is 16.4. The molecule has 1 atom stereocenters. The van der Waals surface area contributed by atoms with E-state index in [0.29, 0.717) is 63.1 Å². The summed E-state index contributed by atoms with van der Waals surface area (Å²) in [6.45, 7) is 4.66. The number of rotatable bonds is 10. The number of piperazine rings is 1. The highest BCUT2D eigenvalue weighted by molar-refractivity contribution is 6.04. The molecule has 2 aromatic rings. The van der Waals surface area contributed by atoms with E-state index >= 15 is 0 Å². The summed E-state index contributed by atoms with van der Waals surface area (Å²) in [4.78, 5) is 55.3. The smallest absolute Gasteiger partial charge is 0.335 e. The Morgan fingerprint density at radius 1 is 0.932 bits per heavy atom. The molecule has 0 bridgehead atoms. The van der Waals surface area contributed by atoms with Crippen molar-refractivity contribution in [3.8, 4) is 0 Å². The van der Waals surface area contributed by atoms with Crippen molar-refractivity contribution >= 4 is 29.4 Å². The minimum absolute atomic E-state index is 0.0547. The minimum atomic E-state index is -1.04. The number of benzene rings is 2. The fourth-order valence-corrected chi connectivity index (χ4v) is 6.95. The molecule has 236 valence electrons.